The molecule has 0 fully saturated rings. The van der Waals surface area contributed by atoms with Crippen LogP contribution in [-0.2, 0) is 9.53 Å². The minimum Gasteiger partial charge on any atom is -0.446 e. The summed E-state index contributed by atoms with van der Waals surface area (Å²) in [5.74, 6) is 0.168. The lowest BCUT2D eigenvalue weighted by Crippen LogP contribution is -2.25. The lowest BCUT2D eigenvalue weighted by Gasteiger charge is -2.20. The van der Waals surface area contributed by atoms with Crippen LogP contribution in [0.3, 0.4) is 0 Å². The zero-order chi connectivity index (χ0) is 23.5. The van der Waals surface area contributed by atoms with E-state index in [4.69, 9.17) is 4.74 Å². The van der Waals surface area contributed by atoms with E-state index in [1.165, 1.54) is 17.5 Å². The van der Waals surface area contributed by atoms with Gasteiger partial charge in [-0.3, -0.25) is 9.59 Å². The van der Waals surface area contributed by atoms with E-state index in [1.807, 2.05) is 48.5 Å². The van der Waals surface area contributed by atoms with Crippen molar-refractivity contribution in [3.05, 3.63) is 99.5 Å². The van der Waals surface area contributed by atoms with Crippen LogP contribution < -0.4 is 5.32 Å². The zero-order valence-electron chi connectivity index (χ0n) is 18.6. The molecule has 0 aliphatic carbocycles. The summed E-state index contributed by atoms with van der Waals surface area (Å²) in [6.45, 7) is 5.71. The van der Waals surface area contributed by atoms with E-state index < -0.39 is 6.23 Å². The number of anilines is 1. The van der Waals surface area contributed by atoms with Crippen molar-refractivity contribution < 1.29 is 14.3 Å². The Hall–Kier alpha value is -3.45. The topological polar surface area (TPSA) is 71.0 Å². The Labute approximate surface area is 201 Å². The summed E-state index contributed by atoms with van der Waals surface area (Å²) in [5.41, 5.74) is 3.66. The van der Waals surface area contributed by atoms with Gasteiger partial charge in [-0.15, -0.1) is 5.10 Å². The van der Waals surface area contributed by atoms with Crippen LogP contribution in [0.1, 0.15) is 60.0 Å². The van der Waals surface area contributed by atoms with Crippen molar-refractivity contribution >= 4 is 39.3 Å². The predicted molar refractivity (Wildman–Crippen MR) is 132 cm³/mol. The predicted octanol–water partition coefficient (Wildman–Crippen LogP) is 6.06. The van der Waals surface area contributed by atoms with Gasteiger partial charge in [-0.2, -0.15) is 5.01 Å². The number of carbonyl (C=O) groups is 2. The van der Waals surface area contributed by atoms with Gasteiger partial charge in [0.1, 0.15) is 0 Å². The van der Waals surface area contributed by atoms with Crippen molar-refractivity contribution in [1.29, 1.82) is 0 Å². The maximum Gasteiger partial charge on any atom is 0.256 e. The van der Waals surface area contributed by atoms with Gasteiger partial charge in [0.05, 0.1) is 16.8 Å². The molecule has 33 heavy (non-hydrogen) atoms. The van der Waals surface area contributed by atoms with Gasteiger partial charge in [0.15, 0.2) is 0 Å². The average molecular weight is 506 g/mol. The number of halogens is 1. The molecular formula is C26H24BrN3O3. The third-order valence-electron chi connectivity index (χ3n) is 5.38. The number of ether oxygens (including phenoxy) is 1. The van der Waals surface area contributed by atoms with Gasteiger partial charge in [0.25, 0.3) is 5.91 Å². The average Bonchev–Trinajstić information content (AvgIpc) is 3.25. The van der Waals surface area contributed by atoms with Gasteiger partial charge in [0.2, 0.25) is 18.0 Å². The molecule has 7 heteroatoms. The first kappa shape index (κ1) is 22.7. The Kier molecular flexibility index (Phi) is 6.60. The number of hydrogen-bond donors (Lipinski definition) is 1. The molecule has 0 aromatic heterocycles. The second-order valence-electron chi connectivity index (χ2n) is 8.04. The van der Waals surface area contributed by atoms with Crippen molar-refractivity contribution in [1.82, 2.24) is 5.01 Å². The third kappa shape index (κ3) is 4.83. The van der Waals surface area contributed by atoms with Crippen molar-refractivity contribution in [2.75, 3.05) is 5.32 Å². The molecular weight excluding hydrogens is 482 g/mol. The summed E-state index contributed by atoms with van der Waals surface area (Å²) in [7, 11) is 0. The molecule has 1 heterocycles. The lowest BCUT2D eigenvalue weighted by atomic mass is 10.0. The smallest absolute Gasteiger partial charge is 0.256 e. The number of carbonyl (C=O) groups excluding carboxylic acids is 2. The van der Waals surface area contributed by atoms with Crippen LogP contribution in [0.5, 0.6) is 0 Å². The minimum atomic E-state index is -0.675. The summed E-state index contributed by atoms with van der Waals surface area (Å²) in [5, 5.41) is 8.70. The van der Waals surface area contributed by atoms with Gasteiger partial charge in [-0.05, 0) is 51.7 Å². The van der Waals surface area contributed by atoms with Gasteiger partial charge in [-0.1, -0.05) is 62.4 Å². The van der Waals surface area contributed by atoms with Crippen molar-refractivity contribution in [3.63, 3.8) is 0 Å². The molecule has 2 amide bonds. The summed E-state index contributed by atoms with van der Waals surface area (Å²) >= 11 is 3.41. The highest BCUT2D eigenvalue weighted by Gasteiger charge is 2.34. The molecule has 6 nitrogen and oxygen atoms in total. The Morgan fingerprint density at radius 1 is 1.00 bits per heavy atom. The van der Waals surface area contributed by atoms with E-state index in [2.05, 4.69) is 40.2 Å². The Morgan fingerprint density at radius 3 is 2.33 bits per heavy atom. The van der Waals surface area contributed by atoms with E-state index in [-0.39, 0.29) is 17.7 Å². The minimum absolute atomic E-state index is 0.238. The molecule has 3 aromatic carbocycles. The highest BCUT2D eigenvalue weighted by atomic mass is 79.9. The fourth-order valence-corrected chi connectivity index (χ4v) is 4.02. The van der Waals surface area contributed by atoms with Crippen molar-refractivity contribution in [2.24, 2.45) is 5.10 Å². The molecule has 168 valence electrons. The maximum atomic E-state index is 12.9. The van der Waals surface area contributed by atoms with Crippen LogP contribution in [0.15, 0.2) is 82.4 Å². The van der Waals surface area contributed by atoms with Crippen molar-refractivity contribution in [3.8, 4) is 0 Å². The molecule has 0 bridgehead atoms. The second-order valence-corrected chi connectivity index (χ2v) is 8.89. The molecule has 0 radical (unpaired) electrons. The summed E-state index contributed by atoms with van der Waals surface area (Å²) in [4.78, 5) is 25.2. The molecule has 0 saturated heterocycles. The zero-order valence-corrected chi connectivity index (χ0v) is 20.2. The molecule has 1 unspecified atom stereocenters. The van der Waals surface area contributed by atoms with Gasteiger partial charge >= 0.3 is 0 Å². The Balaban J connectivity index is 1.63. The van der Waals surface area contributed by atoms with Crippen LogP contribution >= 0.6 is 15.9 Å². The van der Waals surface area contributed by atoms with Crippen LogP contribution in [0, 0.1) is 0 Å². The Bertz CT molecular complexity index is 1220. The van der Waals surface area contributed by atoms with E-state index in [1.54, 1.807) is 24.3 Å². The lowest BCUT2D eigenvalue weighted by molar-refractivity contribution is -0.135. The molecule has 0 saturated carbocycles. The number of amides is 2. The van der Waals surface area contributed by atoms with Crippen molar-refractivity contribution in [2.45, 2.75) is 32.9 Å². The first-order valence-corrected chi connectivity index (χ1v) is 11.4. The molecule has 1 N–H and O–H groups in total. The highest BCUT2D eigenvalue weighted by molar-refractivity contribution is 9.10. The fraction of sp³-hybridized carbons (Fsp3) is 0.192. The fourth-order valence-electron chi connectivity index (χ4n) is 3.55. The van der Waals surface area contributed by atoms with E-state index in [9.17, 15) is 9.59 Å². The number of benzene rings is 3. The maximum absolute atomic E-state index is 12.9. The van der Waals surface area contributed by atoms with Gasteiger partial charge < -0.3 is 10.1 Å². The van der Waals surface area contributed by atoms with Crippen LogP contribution in [0.2, 0.25) is 0 Å². The van der Waals surface area contributed by atoms with E-state index in [0.29, 0.717) is 27.2 Å². The molecule has 1 atom stereocenters. The SMILES string of the molecule is CC(=O)N1N=C(c2ccccc2NC(=O)c2ccccc2Br)OC1c1ccc(C(C)C)cc1. The third-order valence-corrected chi connectivity index (χ3v) is 6.07. The number of para-hydroxylation sites is 1. The normalized spacial score (nSPS) is 15.2. The molecule has 3 aromatic rings. The van der Waals surface area contributed by atoms with Gasteiger partial charge in [0, 0.05) is 17.0 Å². The number of hydrazone groups is 1. The second kappa shape index (κ2) is 9.58. The highest BCUT2D eigenvalue weighted by Crippen LogP contribution is 2.33. The van der Waals surface area contributed by atoms with Crippen LogP contribution in [-0.4, -0.2) is 22.7 Å². The number of nitrogens with zero attached hydrogens (tertiary/aromatic N) is 2. The largest absolute Gasteiger partial charge is 0.446 e. The van der Waals surface area contributed by atoms with E-state index >= 15 is 0 Å². The monoisotopic (exact) mass is 505 g/mol. The summed E-state index contributed by atoms with van der Waals surface area (Å²) < 4.78 is 6.85. The summed E-state index contributed by atoms with van der Waals surface area (Å²) in [6, 6.07) is 22.4. The number of nitrogens with one attached hydrogen (secondary N) is 1. The van der Waals surface area contributed by atoms with E-state index in [0.717, 1.165) is 5.56 Å². The number of rotatable bonds is 5. The quantitative estimate of drug-likeness (QED) is 0.457. The standard InChI is InChI=1S/C26H24BrN3O3/c1-16(2)18-12-14-19(15-13-18)26-30(17(3)31)29-25(33-26)21-9-5-7-11-23(21)28-24(32)20-8-4-6-10-22(20)27/h4-16,26H,1-3H3,(H,28,32). The van der Waals surface area contributed by atoms with Gasteiger partial charge in [-0.25, -0.2) is 0 Å². The Morgan fingerprint density at radius 2 is 1.67 bits per heavy atom. The summed E-state index contributed by atoms with van der Waals surface area (Å²) in [6.07, 6.45) is -0.675. The molecule has 0 spiro atoms. The number of hydrogen-bond acceptors (Lipinski definition) is 4. The molecule has 1 aliphatic rings. The van der Waals surface area contributed by atoms with Crippen LogP contribution in [0.25, 0.3) is 0 Å². The molecule has 4 rings (SSSR count). The first-order valence-electron chi connectivity index (χ1n) is 10.7. The molecule has 1 aliphatic heterocycles. The first-order chi connectivity index (χ1) is 15.8. The van der Waals surface area contributed by atoms with Crippen LogP contribution in [0.4, 0.5) is 5.69 Å².